The third-order valence-corrected chi connectivity index (χ3v) is 10.3. The van der Waals surface area contributed by atoms with Gasteiger partial charge in [-0.1, -0.05) is 84.4 Å². The first kappa shape index (κ1) is 36.2. The van der Waals surface area contributed by atoms with Gasteiger partial charge in [-0.2, -0.15) is 0 Å². The molecule has 6 rings (SSSR count). The van der Waals surface area contributed by atoms with Gasteiger partial charge < -0.3 is 14.4 Å². The van der Waals surface area contributed by atoms with Gasteiger partial charge in [0.25, 0.3) is 5.69 Å². The quantitative estimate of drug-likeness (QED) is 0.0804. The minimum atomic E-state index is -4.22. The number of aromatic nitrogens is 1. The molecule has 0 aliphatic carbocycles. The molecule has 0 spiro atoms. The van der Waals surface area contributed by atoms with Crippen molar-refractivity contribution in [1.29, 1.82) is 0 Å². The van der Waals surface area contributed by atoms with E-state index in [0.717, 1.165) is 51.5 Å². The summed E-state index contributed by atoms with van der Waals surface area (Å²) in [6.45, 7) is 0.112. The fraction of sp³-hybridized carbons (Fsp3) is 0.154. The number of carboxylic acid groups (broad SMARTS) is 1. The molecule has 1 aromatic heterocycles. The predicted molar refractivity (Wildman–Crippen MR) is 197 cm³/mol. The number of hydrogen-bond acceptors (Lipinski definition) is 6. The highest BCUT2D eigenvalue weighted by Gasteiger charge is 2.27. The minimum absolute atomic E-state index is 0.102. The Hall–Kier alpha value is -5.56. The first-order valence-corrected chi connectivity index (χ1v) is 18.3. The van der Waals surface area contributed by atoms with E-state index < -0.39 is 43.7 Å². The number of carboxylic acids is 1. The van der Waals surface area contributed by atoms with E-state index in [4.69, 9.17) is 16.3 Å². The molecule has 6 aromatic rings. The highest BCUT2D eigenvalue weighted by atomic mass is 35.5. The lowest BCUT2D eigenvalue weighted by molar-refractivity contribution is -0.385. The lowest BCUT2D eigenvalue weighted by atomic mass is 9.97. The Bertz CT molecular complexity index is 2300. The van der Waals surface area contributed by atoms with Gasteiger partial charge in [-0.3, -0.25) is 10.1 Å². The number of aromatic carboxylic acids is 1. The van der Waals surface area contributed by atoms with Crippen molar-refractivity contribution < 1.29 is 32.4 Å². The van der Waals surface area contributed by atoms with E-state index in [-0.39, 0.29) is 31.2 Å². The molecule has 1 heterocycles. The first-order valence-electron chi connectivity index (χ1n) is 16.3. The summed E-state index contributed by atoms with van der Waals surface area (Å²) in [7, 11) is -4.22. The topological polar surface area (TPSA) is 141 Å². The average Bonchev–Trinajstić information content (AvgIpc) is 3.41. The van der Waals surface area contributed by atoms with Crippen LogP contribution < -0.4 is 9.46 Å². The van der Waals surface area contributed by atoms with Gasteiger partial charge in [0.05, 0.1) is 40.0 Å². The maximum atomic E-state index is 14.6. The highest BCUT2D eigenvalue weighted by molar-refractivity contribution is 7.88. The maximum Gasteiger partial charge on any atom is 0.335 e. The number of rotatable bonds is 15. The van der Waals surface area contributed by atoms with Crippen LogP contribution in [0.3, 0.4) is 0 Å². The SMILES string of the molecule is O=C(O)c1ccc(OCCc2c(CCNS(=O)(=O)Cc3c(F)cccc3[N+](=O)[O-])n(C(c3ccccc3)c3ccccc3)c3cc(Cl)ccc23)cc1. The van der Waals surface area contributed by atoms with Crippen LogP contribution >= 0.6 is 11.6 Å². The lowest BCUT2D eigenvalue weighted by Gasteiger charge is -2.25. The van der Waals surface area contributed by atoms with E-state index in [1.807, 2.05) is 72.8 Å². The van der Waals surface area contributed by atoms with Crippen LogP contribution in [-0.4, -0.2) is 42.1 Å². The van der Waals surface area contributed by atoms with Gasteiger partial charge in [-0.25, -0.2) is 22.3 Å². The van der Waals surface area contributed by atoms with Crippen molar-refractivity contribution in [3.8, 4) is 5.75 Å². The average molecular weight is 742 g/mol. The number of nitrogens with zero attached hydrogens (tertiary/aromatic N) is 2. The number of sulfonamides is 1. The number of nitro benzene ring substituents is 1. The van der Waals surface area contributed by atoms with Crippen LogP contribution in [-0.2, 0) is 28.6 Å². The van der Waals surface area contributed by atoms with Gasteiger partial charge in [0.1, 0.15) is 11.6 Å². The van der Waals surface area contributed by atoms with Crippen molar-refractivity contribution in [2.45, 2.75) is 24.6 Å². The molecular formula is C39H33ClFN3O7S. The Kier molecular flexibility index (Phi) is 11.0. The molecule has 0 saturated heterocycles. The minimum Gasteiger partial charge on any atom is -0.493 e. The second kappa shape index (κ2) is 15.8. The second-order valence-electron chi connectivity index (χ2n) is 12.0. The molecule has 52 heavy (non-hydrogen) atoms. The van der Waals surface area contributed by atoms with Crippen molar-refractivity contribution in [3.63, 3.8) is 0 Å². The summed E-state index contributed by atoms with van der Waals surface area (Å²) in [5, 5.41) is 22.2. The van der Waals surface area contributed by atoms with Gasteiger partial charge in [0.15, 0.2) is 0 Å². The van der Waals surface area contributed by atoms with Crippen LogP contribution in [0.25, 0.3) is 10.9 Å². The van der Waals surface area contributed by atoms with Gasteiger partial charge in [-0.05, 0) is 59.2 Å². The molecule has 5 aromatic carbocycles. The molecule has 0 radical (unpaired) electrons. The molecule has 2 N–H and O–H groups in total. The maximum absolute atomic E-state index is 14.6. The fourth-order valence-electron chi connectivity index (χ4n) is 6.40. The van der Waals surface area contributed by atoms with Gasteiger partial charge in [-0.15, -0.1) is 0 Å². The predicted octanol–water partition coefficient (Wildman–Crippen LogP) is 7.96. The summed E-state index contributed by atoms with van der Waals surface area (Å²) in [6.07, 6.45) is 0.579. The van der Waals surface area contributed by atoms with Gasteiger partial charge in [0, 0.05) is 41.6 Å². The fourth-order valence-corrected chi connectivity index (χ4v) is 7.75. The zero-order chi connectivity index (χ0) is 36.8. The molecule has 0 aliphatic rings. The van der Waals surface area contributed by atoms with E-state index in [2.05, 4.69) is 9.29 Å². The number of fused-ring (bicyclic) bond motifs is 1. The summed E-state index contributed by atoms with van der Waals surface area (Å²) in [5.74, 6) is -2.45. The van der Waals surface area contributed by atoms with E-state index in [0.29, 0.717) is 17.2 Å². The Labute approximate surface area is 304 Å². The van der Waals surface area contributed by atoms with E-state index in [9.17, 15) is 32.8 Å². The normalized spacial score (nSPS) is 11.6. The van der Waals surface area contributed by atoms with Crippen LogP contribution in [0, 0.1) is 15.9 Å². The smallest absolute Gasteiger partial charge is 0.335 e. The standard InChI is InChI=1S/C39H33ClFN3O7S/c40-29-16-19-31-32(21-23-51-30-17-14-28(15-18-30)39(45)46)35(20-22-42-52(49,50)25-33-34(41)12-7-13-36(33)44(47)48)43(37(31)24-29)38(26-8-3-1-4-9-26)27-10-5-2-6-11-27/h1-19,24,38,42H,20-23,25H2,(H,45,46). The van der Waals surface area contributed by atoms with Gasteiger partial charge in [0.2, 0.25) is 10.0 Å². The molecule has 13 heteroatoms. The van der Waals surface area contributed by atoms with Crippen molar-refractivity contribution in [3.05, 3.63) is 176 Å². The zero-order valence-corrected chi connectivity index (χ0v) is 29.2. The third kappa shape index (κ3) is 8.15. The first-order chi connectivity index (χ1) is 25.0. The number of benzene rings is 5. The third-order valence-electron chi connectivity index (χ3n) is 8.70. The monoisotopic (exact) mass is 741 g/mol. The molecule has 0 saturated carbocycles. The molecule has 0 fully saturated rings. The Balaban J connectivity index is 1.40. The number of halogens is 2. The van der Waals surface area contributed by atoms with Crippen LogP contribution in [0.15, 0.2) is 121 Å². The summed E-state index contributed by atoms with van der Waals surface area (Å²) in [6, 6.07) is 34.3. The molecule has 0 atom stereocenters. The number of nitro groups is 1. The summed E-state index contributed by atoms with van der Waals surface area (Å²) < 4.78 is 52.0. The lowest BCUT2D eigenvalue weighted by Crippen LogP contribution is -2.29. The molecule has 0 aliphatic heterocycles. The van der Waals surface area contributed by atoms with Crippen molar-refractivity contribution in [1.82, 2.24) is 9.29 Å². The van der Waals surface area contributed by atoms with Crippen LogP contribution in [0.5, 0.6) is 5.75 Å². The second-order valence-corrected chi connectivity index (χ2v) is 14.2. The number of carbonyl (C=O) groups is 1. The summed E-state index contributed by atoms with van der Waals surface area (Å²) >= 11 is 6.61. The Morgan fingerprint density at radius 2 is 1.54 bits per heavy atom. The molecule has 10 nitrogen and oxygen atoms in total. The molecule has 0 unspecified atom stereocenters. The van der Waals surface area contributed by atoms with Crippen LogP contribution in [0.2, 0.25) is 5.02 Å². The molecule has 0 amide bonds. The van der Waals surface area contributed by atoms with Crippen molar-refractivity contribution >= 4 is 44.2 Å². The Morgan fingerprint density at radius 1 is 0.885 bits per heavy atom. The molecule has 266 valence electrons. The van der Waals surface area contributed by atoms with Crippen LogP contribution in [0.1, 0.15) is 44.3 Å². The van der Waals surface area contributed by atoms with Gasteiger partial charge >= 0.3 is 5.97 Å². The zero-order valence-electron chi connectivity index (χ0n) is 27.6. The van der Waals surface area contributed by atoms with E-state index >= 15 is 0 Å². The van der Waals surface area contributed by atoms with Crippen LogP contribution in [0.4, 0.5) is 10.1 Å². The number of hydrogen-bond donors (Lipinski definition) is 2. The largest absolute Gasteiger partial charge is 0.493 e. The molecule has 0 bridgehead atoms. The number of nitrogens with one attached hydrogen (secondary N) is 1. The number of ether oxygens (including phenoxy) is 1. The van der Waals surface area contributed by atoms with Crippen molar-refractivity contribution in [2.24, 2.45) is 0 Å². The van der Waals surface area contributed by atoms with E-state index in [1.165, 1.54) is 12.1 Å². The van der Waals surface area contributed by atoms with E-state index in [1.54, 1.807) is 18.2 Å². The van der Waals surface area contributed by atoms with Crippen molar-refractivity contribution in [2.75, 3.05) is 13.2 Å². The Morgan fingerprint density at radius 3 is 2.15 bits per heavy atom. The summed E-state index contributed by atoms with van der Waals surface area (Å²) in [4.78, 5) is 22.0. The highest BCUT2D eigenvalue weighted by Crippen LogP contribution is 2.38. The summed E-state index contributed by atoms with van der Waals surface area (Å²) in [5.41, 5.74) is 3.43. The molecular weight excluding hydrogens is 709 g/mol.